The fourth-order valence-corrected chi connectivity index (χ4v) is 3.94. The van der Waals surface area contributed by atoms with Gasteiger partial charge in [-0.2, -0.15) is 0 Å². The van der Waals surface area contributed by atoms with Crippen molar-refractivity contribution in [2.75, 3.05) is 6.61 Å². The summed E-state index contributed by atoms with van der Waals surface area (Å²) in [6, 6.07) is 29.9. The zero-order valence-electron chi connectivity index (χ0n) is 19.3. The van der Waals surface area contributed by atoms with Gasteiger partial charge in [-0.15, -0.1) is 0 Å². The van der Waals surface area contributed by atoms with Crippen LogP contribution in [0.4, 0.5) is 0 Å². The maximum atomic E-state index is 12.9. The van der Waals surface area contributed by atoms with Crippen molar-refractivity contribution in [3.05, 3.63) is 120 Å². The van der Waals surface area contributed by atoms with E-state index in [1.54, 1.807) is 54.6 Å². The molecule has 0 bridgehead atoms. The molecule has 2 atom stereocenters. The van der Waals surface area contributed by atoms with Crippen LogP contribution in [0.25, 0.3) is 10.8 Å². The molecular weight excluding hydrogens is 440 g/mol. The Kier molecular flexibility index (Phi) is 7.53. The number of hydrogen-bond acceptors (Lipinski definition) is 4. The average Bonchev–Trinajstić information content (AvgIpc) is 2.90. The van der Waals surface area contributed by atoms with Gasteiger partial charge in [0.05, 0.1) is 6.04 Å². The van der Waals surface area contributed by atoms with Crippen molar-refractivity contribution < 1.29 is 19.1 Å². The van der Waals surface area contributed by atoms with Gasteiger partial charge in [0.1, 0.15) is 0 Å². The molecule has 0 aromatic heterocycles. The van der Waals surface area contributed by atoms with Crippen LogP contribution in [0.5, 0.6) is 0 Å². The number of ether oxygens (including phenoxy) is 1. The highest BCUT2D eigenvalue weighted by atomic mass is 16.5. The minimum atomic E-state index is -1.05. The molecule has 0 heterocycles. The summed E-state index contributed by atoms with van der Waals surface area (Å²) in [7, 11) is 0. The molecule has 4 aromatic rings. The average molecular weight is 467 g/mol. The third-order valence-corrected chi connectivity index (χ3v) is 5.69. The molecule has 0 saturated heterocycles. The van der Waals surface area contributed by atoms with Crippen LogP contribution < -0.4 is 10.6 Å². The Morgan fingerprint density at radius 3 is 2.11 bits per heavy atom. The van der Waals surface area contributed by atoms with E-state index in [0.717, 1.165) is 16.3 Å². The molecule has 4 rings (SSSR count). The maximum Gasteiger partial charge on any atom is 0.333 e. The number of carbonyl (C=O) groups excluding carboxylic acids is 3. The highest BCUT2D eigenvalue weighted by molar-refractivity contribution is 5.97. The van der Waals surface area contributed by atoms with Crippen LogP contribution in [0, 0.1) is 0 Å². The quantitative estimate of drug-likeness (QED) is 0.368. The minimum Gasteiger partial charge on any atom is -0.454 e. The van der Waals surface area contributed by atoms with Crippen LogP contribution in [-0.2, 0) is 14.3 Å². The fourth-order valence-electron chi connectivity index (χ4n) is 3.94. The molecule has 2 unspecified atom stereocenters. The van der Waals surface area contributed by atoms with E-state index in [0.29, 0.717) is 11.1 Å². The number of esters is 1. The number of benzene rings is 4. The lowest BCUT2D eigenvalue weighted by molar-refractivity contribution is -0.150. The summed E-state index contributed by atoms with van der Waals surface area (Å²) in [5, 5.41) is 7.73. The SMILES string of the molecule is CC(NC(=O)COC(=O)C(NC(=O)c1ccccc1)c1ccccc1)c1cccc2ccccc12. The Morgan fingerprint density at radius 2 is 1.37 bits per heavy atom. The zero-order chi connectivity index (χ0) is 24.6. The van der Waals surface area contributed by atoms with Crippen molar-refractivity contribution in [3.8, 4) is 0 Å². The van der Waals surface area contributed by atoms with Crippen molar-refractivity contribution in [2.24, 2.45) is 0 Å². The van der Waals surface area contributed by atoms with E-state index in [1.807, 2.05) is 55.5 Å². The Balaban J connectivity index is 1.41. The third kappa shape index (κ3) is 5.92. The largest absolute Gasteiger partial charge is 0.454 e. The summed E-state index contributed by atoms with van der Waals surface area (Å²) in [5.41, 5.74) is 1.95. The summed E-state index contributed by atoms with van der Waals surface area (Å²) in [5.74, 6) is -1.56. The highest BCUT2D eigenvalue weighted by Crippen LogP contribution is 2.24. The first-order valence-electron chi connectivity index (χ1n) is 11.4. The van der Waals surface area contributed by atoms with Gasteiger partial charge in [-0.05, 0) is 41.0 Å². The summed E-state index contributed by atoms with van der Waals surface area (Å²) in [4.78, 5) is 38.2. The molecule has 0 saturated carbocycles. The molecule has 0 aliphatic carbocycles. The van der Waals surface area contributed by atoms with E-state index in [9.17, 15) is 14.4 Å². The fraction of sp³-hybridized carbons (Fsp3) is 0.138. The van der Waals surface area contributed by atoms with Crippen molar-refractivity contribution in [3.63, 3.8) is 0 Å². The number of hydrogen-bond donors (Lipinski definition) is 2. The standard InChI is InChI=1S/C29H26N2O4/c1-20(24-18-10-16-21-11-8-9-17-25(21)24)30-26(32)19-35-29(34)27(22-12-4-2-5-13-22)31-28(33)23-14-6-3-7-15-23/h2-18,20,27H,19H2,1H3,(H,30,32)(H,31,33). The number of carbonyl (C=O) groups is 3. The van der Waals surface area contributed by atoms with Crippen LogP contribution in [-0.4, -0.2) is 24.4 Å². The van der Waals surface area contributed by atoms with Crippen LogP contribution in [0.2, 0.25) is 0 Å². The number of fused-ring (bicyclic) bond motifs is 1. The van der Waals surface area contributed by atoms with Gasteiger partial charge in [0.15, 0.2) is 12.6 Å². The lowest BCUT2D eigenvalue weighted by Gasteiger charge is -2.19. The molecule has 176 valence electrons. The van der Waals surface area contributed by atoms with Gasteiger partial charge in [-0.1, -0.05) is 91.0 Å². The normalized spacial score (nSPS) is 12.4. The Morgan fingerprint density at radius 1 is 0.743 bits per heavy atom. The second-order valence-electron chi connectivity index (χ2n) is 8.15. The second kappa shape index (κ2) is 11.1. The summed E-state index contributed by atoms with van der Waals surface area (Å²) >= 11 is 0. The smallest absolute Gasteiger partial charge is 0.333 e. The second-order valence-corrected chi connectivity index (χ2v) is 8.15. The monoisotopic (exact) mass is 466 g/mol. The molecule has 0 radical (unpaired) electrons. The first kappa shape index (κ1) is 23.7. The molecule has 0 aliphatic heterocycles. The van der Waals surface area contributed by atoms with Crippen molar-refractivity contribution >= 4 is 28.6 Å². The van der Waals surface area contributed by atoms with Crippen molar-refractivity contribution in [1.29, 1.82) is 0 Å². The molecule has 0 aliphatic rings. The predicted molar refractivity (Wildman–Crippen MR) is 135 cm³/mol. The molecule has 6 nitrogen and oxygen atoms in total. The molecule has 0 spiro atoms. The molecule has 0 fully saturated rings. The molecular formula is C29H26N2O4. The minimum absolute atomic E-state index is 0.282. The summed E-state index contributed by atoms with van der Waals surface area (Å²) in [6.45, 7) is 1.42. The van der Waals surface area contributed by atoms with E-state index in [4.69, 9.17) is 4.74 Å². The topological polar surface area (TPSA) is 84.5 Å². The van der Waals surface area contributed by atoms with Crippen LogP contribution in [0.3, 0.4) is 0 Å². The maximum absolute atomic E-state index is 12.9. The van der Waals surface area contributed by atoms with Gasteiger partial charge in [0.2, 0.25) is 0 Å². The van der Waals surface area contributed by atoms with E-state index in [-0.39, 0.29) is 6.04 Å². The summed E-state index contributed by atoms with van der Waals surface area (Å²) < 4.78 is 5.32. The lowest BCUT2D eigenvalue weighted by atomic mass is 10.00. The van der Waals surface area contributed by atoms with Crippen LogP contribution >= 0.6 is 0 Å². The van der Waals surface area contributed by atoms with Gasteiger partial charge < -0.3 is 15.4 Å². The van der Waals surface area contributed by atoms with Gasteiger partial charge in [-0.25, -0.2) is 4.79 Å². The third-order valence-electron chi connectivity index (χ3n) is 5.69. The van der Waals surface area contributed by atoms with Gasteiger partial charge in [0.25, 0.3) is 11.8 Å². The first-order chi connectivity index (χ1) is 17.0. The first-order valence-corrected chi connectivity index (χ1v) is 11.4. The summed E-state index contributed by atoms with van der Waals surface area (Å²) in [6.07, 6.45) is 0. The van der Waals surface area contributed by atoms with E-state index in [1.165, 1.54) is 0 Å². The molecule has 4 aromatic carbocycles. The molecule has 2 N–H and O–H groups in total. The number of amides is 2. The Hall–Kier alpha value is -4.45. The predicted octanol–water partition coefficient (Wildman–Crippen LogP) is 4.73. The molecule has 2 amide bonds. The Labute approximate surface area is 203 Å². The van der Waals surface area contributed by atoms with Crippen LogP contribution in [0.1, 0.15) is 40.5 Å². The highest BCUT2D eigenvalue weighted by Gasteiger charge is 2.25. The van der Waals surface area contributed by atoms with E-state index >= 15 is 0 Å². The molecule has 35 heavy (non-hydrogen) atoms. The number of rotatable bonds is 8. The van der Waals surface area contributed by atoms with E-state index in [2.05, 4.69) is 10.6 Å². The lowest BCUT2D eigenvalue weighted by Crippen LogP contribution is -2.37. The van der Waals surface area contributed by atoms with Crippen molar-refractivity contribution in [2.45, 2.75) is 19.0 Å². The van der Waals surface area contributed by atoms with Gasteiger partial charge in [-0.3, -0.25) is 9.59 Å². The van der Waals surface area contributed by atoms with Gasteiger partial charge in [0, 0.05) is 5.56 Å². The number of nitrogens with one attached hydrogen (secondary N) is 2. The van der Waals surface area contributed by atoms with Crippen LogP contribution in [0.15, 0.2) is 103 Å². The van der Waals surface area contributed by atoms with Gasteiger partial charge >= 0.3 is 5.97 Å². The van der Waals surface area contributed by atoms with Crippen molar-refractivity contribution in [1.82, 2.24) is 10.6 Å². The zero-order valence-corrected chi connectivity index (χ0v) is 19.3. The molecule has 6 heteroatoms. The van der Waals surface area contributed by atoms with E-state index < -0.39 is 30.4 Å². The Bertz CT molecular complexity index is 1320.